The van der Waals surface area contributed by atoms with Gasteiger partial charge in [-0.15, -0.1) is 11.7 Å². The highest BCUT2D eigenvalue weighted by molar-refractivity contribution is 8.69. The first-order chi connectivity index (χ1) is 6.66. The van der Waals surface area contributed by atoms with E-state index in [1.807, 2.05) is 20.8 Å². The summed E-state index contributed by atoms with van der Waals surface area (Å²) < 4.78 is 0.158. The molecule has 0 aromatic rings. The molecule has 1 amide bonds. The van der Waals surface area contributed by atoms with Gasteiger partial charge >= 0.3 is 0 Å². The average Bonchev–Trinajstić information content (AvgIpc) is 2.00. The molecule has 0 heterocycles. The summed E-state index contributed by atoms with van der Waals surface area (Å²) in [7, 11) is 1.55. The van der Waals surface area contributed by atoms with Crippen LogP contribution in [0, 0.1) is 0 Å². The normalized spacial score (nSPS) is 12.7. The monoisotopic (exact) mass is 249 g/mol. The Morgan fingerprint density at radius 1 is 1.27 bits per heavy atom. The lowest BCUT2D eigenvalue weighted by Gasteiger charge is -2.22. The van der Waals surface area contributed by atoms with E-state index in [0.717, 1.165) is 12.8 Å². The fraction of sp³-hybridized carbons (Fsp3) is 0.909. The number of amides is 1. The maximum absolute atomic E-state index is 11.5. The second-order valence-electron chi connectivity index (χ2n) is 5.50. The van der Waals surface area contributed by atoms with Gasteiger partial charge < -0.3 is 5.32 Å². The van der Waals surface area contributed by atoms with Crippen LogP contribution in [0.25, 0.3) is 0 Å². The first kappa shape index (κ1) is 15.2. The lowest BCUT2D eigenvalue weighted by atomic mass is 10.0. The minimum Gasteiger partial charge on any atom is -0.352 e. The third-order valence-corrected chi connectivity index (χ3v) is 4.13. The van der Waals surface area contributed by atoms with Crippen molar-refractivity contribution in [1.82, 2.24) is 5.32 Å². The van der Waals surface area contributed by atoms with Crippen LogP contribution in [-0.2, 0) is 4.79 Å². The molecule has 15 heavy (non-hydrogen) atoms. The summed E-state index contributed by atoms with van der Waals surface area (Å²) in [4.78, 5) is 11.5. The largest absolute Gasteiger partial charge is 0.352 e. The quantitative estimate of drug-likeness (QED) is 0.577. The molecule has 0 radical (unpaired) electrons. The van der Waals surface area contributed by atoms with Gasteiger partial charge in [0.1, 0.15) is 0 Å². The number of hydrogen-bond donors (Lipinski definition) is 2. The smallest absolute Gasteiger partial charge is 0.220 e. The zero-order valence-corrected chi connectivity index (χ0v) is 12.1. The van der Waals surface area contributed by atoms with Gasteiger partial charge in [0.2, 0.25) is 5.91 Å². The average molecular weight is 249 g/mol. The highest BCUT2D eigenvalue weighted by Crippen LogP contribution is 2.32. The Morgan fingerprint density at radius 2 is 1.80 bits per heavy atom. The number of carbonyl (C=O) groups is 1. The molecule has 0 aliphatic rings. The highest BCUT2D eigenvalue weighted by atomic mass is 33.1. The molecule has 1 N–H and O–H groups in total. The van der Waals surface area contributed by atoms with Crippen molar-refractivity contribution in [2.24, 2.45) is 0 Å². The van der Waals surface area contributed by atoms with E-state index in [1.165, 1.54) is 0 Å². The van der Waals surface area contributed by atoms with Gasteiger partial charge in [-0.25, -0.2) is 0 Å². The zero-order chi connectivity index (χ0) is 12.1. The summed E-state index contributed by atoms with van der Waals surface area (Å²) in [5.41, 5.74) is -0.120. The topological polar surface area (TPSA) is 29.1 Å². The van der Waals surface area contributed by atoms with Crippen molar-refractivity contribution in [3.8, 4) is 0 Å². The Bertz CT molecular complexity index is 209. The second kappa shape index (κ2) is 6.04. The molecule has 0 unspecified atom stereocenters. The van der Waals surface area contributed by atoms with Crippen LogP contribution in [0.2, 0.25) is 0 Å². The molecule has 0 saturated heterocycles. The van der Waals surface area contributed by atoms with Crippen LogP contribution in [0.15, 0.2) is 0 Å². The molecule has 0 aliphatic carbocycles. The van der Waals surface area contributed by atoms with E-state index < -0.39 is 0 Å². The van der Waals surface area contributed by atoms with Crippen LogP contribution in [0.5, 0.6) is 0 Å². The molecule has 90 valence electrons. The number of thiol groups is 1. The molecule has 0 aliphatic heterocycles. The van der Waals surface area contributed by atoms with Crippen molar-refractivity contribution in [3.05, 3.63) is 0 Å². The van der Waals surface area contributed by atoms with Gasteiger partial charge in [-0.2, -0.15) is 0 Å². The summed E-state index contributed by atoms with van der Waals surface area (Å²) in [6, 6.07) is 0. The molecule has 0 spiro atoms. The summed E-state index contributed by atoms with van der Waals surface area (Å²) >= 11 is 4.21. The predicted octanol–water partition coefficient (Wildman–Crippen LogP) is 3.43. The van der Waals surface area contributed by atoms with Crippen molar-refractivity contribution in [3.63, 3.8) is 0 Å². The third kappa shape index (κ3) is 9.12. The van der Waals surface area contributed by atoms with E-state index in [1.54, 1.807) is 10.8 Å². The van der Waals surface area contributed by atoms with E-state index in [9.17, 15) is 4.79 Å². The molecule has 0 bridgehead atoms. The third-order valence-electron chi connectivity index (χ3n) is 1.94. The Morgan fingerprint density at radius 3 is 2.20 bits per heavy atom. The molecule has 0 fully saturated rings. The van der Waals surface area contributed by atoms with E-state index >= 15 is 0 Å². The molecule has 2 nitrogen and oxygen atoms in total. The van der Waals surface area contributed by atoms with Crippen LogP contribution >= 0.6 is 22.5 Å². The summed E-state index contributed by atoms with van der Waals surface area (Å²) in [6.45, 7) is 10.3. The van der Waals surface area contributed by atoms with Gasteiger partial charge in [-0.1, -0.05) is 10.8 Å². The van der Waals surface area contributed by atoms with Crippen LogP contribution < -0.4 is 5.32 Å². The van der Waals surface area contributed by atoms with E-state index in [0.29, 0.717) is 6.42 Å². The molecule has 0 atom stereocenters. The van der Waals surface area contributed by atoms with Gasteiger partial charge in [-0.05, 0) is 47.5 Å². The Balaban J connectivity index is 3.74. The minimum absolute atomic E-state index is 0.120. The molecule has 4 heteroatoms. The highest BCUT2D eigenvalue weighted by Gasteiger charge is 2.18. The summed E-state index contributed by atoms with van der Waals surface area (Å²) in [6.07, 6.45) is 2.54. The van der Waals surface area contributed by atoms with E-state index in [2.05, 4.69) is 30.8 Å². The fourth-order valence-electron chi connectivity index (χ4n) is 1.20. The molecule has 0 saturated carbocycles. The summed E-state index contributed by atoms with van der Waals surface area (Å²) in [5.74, 6) is 0.141. The van der Waals surface area contributed by atoms with E-state index in [4.69, 9.17) is 0 Å². The van der Waals surface area contributed by atoms with Gasteiger partial charge in [0.05, 0.1) is 0 Å². The Labute approximate surface area is 103 Å². The minimum atomic E-state index is -0.120. The lowest BCUT2D eigenvalue weighted by Crippen LogP contribution is -2.40. The van der Waals surface area contributed by atoms with E-state index in [-0.39, 0.29) is 16.2 Å². The molecule has 0 aromatic carbocycles. The Hall–Kier alpha value is 0.170. The van der Waals surface area contributed by atoms with Gasteiger partial charge in [0.25, 0.3) is 0 Å². The van der Waals surface area contributed by atoms with Crippen molar-refractivity contribution in [2.75, 3.05) is 0 Å². The molecular weight excluding hydrogens is 226 g/mol. The maximum atomic E-state index is 11.5. The predicted molar refractivity (Wildman–Crippen MR) is 72.4 cm³/mol. The van der Waals surface area contributed by atoms with Crippen LogP contribution in [0.1, 0.15) is 53.9 Å². The van der Waals surface area contributed by atoms with Crippen molar-refractivity contribution in [1.29, 1.82) is 0 Å². The first-order valence-corrected chi connectivity index (χ1v) is 7.17. The fourth-order valence-corrected chi connectivity index (χ4v) is 1.71. The van der Waals surface area contributed by atoms with Crippen LogP contribution in [0.4, 0.5) is 0 Å². The van der Waals surface area contributed by atoms with Crippen molar-refractivity contribution < 1.29 is 4.79 Å². The maximum Gasteiger partial charge on any atom is 0.220 e. The number of hydrogen-bond acceptors (Lipinski definition) is 3. The number of nitrogens with one attached hydrogen (secondary N) is 1. The number of carbonyl (C=O) groups excluding carboxylic acids is 1. The second-order valence-corrected chi connectivity index (χ2v) is 7.34. The van der Waals surface area contributed by atoms with Gasteiger partial charge in [-0.3, -0.25) is 4.79 Å². The lowest BCUT2D eigenvalue weighted by molar-refractivity contribution is -0.122. The SMILES string of the molecule is CC(C)(C)NC(=O)CCCC(C)(C)SS. The van der Waals surface area contributed by atoms with Crippen molar-refractivity contribution >= 4 is 28.4 Å². The standard InChI is InChI=1S/C11H23NOS2/c1-10(2,3)12-9(13)7-6-8-11(4,5)15-14/h14H,6-8H2,1-5H3,(H,12,13). The first-order valence-electron chi connectivity index (χ1n) is 5.30. The van der Waals surface area contributed by atoms with Crippen molar-refractivity contribution in [2.45, 2.75) is 64.2 Å². The number of rotatable bonds is 5. The molecule has 0 rings (SSSR count). The summed E-state index contributed by atoms with van der Waals surface area (Å²) in [5, 5.41) is 2.96. The van der Waals surface area contributed by atoms with Crippen LogP contribution in [0.3, 0.4) is 0 Å². The van der Waals surface area contributed by atoms with Crippen LogP contribution in [-0.4, -0.2) is 16.2 Å². The van der Waals surface area contributed by atoms with Gasteiger partial charge in [0, 0.05) is 16.7 Å². The zero-order valence-electron chi connectivity index (χ0n) is 10.4. The molecular formula is C11H23NOS2. The molecule has 0 aromatic heterocycles. The van der Waals surface area contributed by atoms with Gasteiger partial charge in [0.15, 0.2) is 0 Å². The Kier molecular flexibility index (Phi) is 6.11.